The first-order chi connectivity index (χ1) is 14.0. The molecule has 2 aromatic heterocycles. The third-order valence-electron chi connectivity index (χ3n) is 5.84. The maximum atomic E-state index is 13.5. The van der Waals surface area contributed by atoms with E-state index in [4.69, 9.17) is 5.10 Å². The van der Waals surface area contributed by atoms with Gasteiger partial charge in [-0.3, -0.25) is 4.79 Å². The molecule has 0 N–H and O–H groups in total. The van der Waals surface area contributed by atoms with Crippen LogP contribution in [-0.4, -0.2) is 19.6 Å². The average molecular weight is 384 g/mol. The van der Waals surface area contributed by atoms with Crippen LogP contribution in [0.25, 0.3) is 16.6 Å². The van der Waals surface area contributed by atoms with Gasteiger partial charge in [0.25, 0.3) is 5.56 Å². The quantitative estimate of drug-likeness (QED) is 0.523. The van der Waals surface area contributed by atoms with Crippen LogP contribution in [0.3, 0.4) is 0 Å². The van der Waals surface area contributed by atoms with E-state index >= 15 is 0 Å². The first-order valence-electron chi connectivity index (χ1n) is 10.1. The SMILES string of the molecule is Cc1ccc(-n2ncc3c(C4CC4)nn(Cc4ccccc4C)c(=O)c32)c(C)c1. The summed E-state index contributed by atoms with van der Waals surface area (Å²) in [6, 6.07) is 14.4. The Morgan fingerprint density at radius 3 is 2.55 bits per heavy atom. The van der Waals surface area contributed by atoms with Crippen LogP contribution in [0.15, 0.2) is 53.5 Å². The number of hydrogen-bond acceptors (Lipinski definition) is 3. The molecular formula is C24H24N4O. The Morgan fingerprint density at radius 1 is 1.03 bits per heavy atom. The van der Waals surface area contributed by atoms with Crippen LogP contribution in [0.4, 0.5) is 0 Å². The van der Waals surface area contributed by atoms with Crippen LogP contribution in [0.5, 0.6) is 0 Å². The van der Waals surface area contributed by atoms with Gasteiger partial charge in [0, 0.05) is 11.3 Å². The maximum absolute atomic E-state index is 13.5. The van der Waals surface area contributed by atoms with E-state index in [2.05, 4.69) is 50.1 Å². The van der Waals surface area contributed by atoms with E-state index in [0.717, 1.165) is 46.3 Å². The molecule has 0 radical (unpaired) electrons. The van der Waals surface area contributed by atoms with E-state index < -0.39 is 0 Å². The Labute approximate surface area is 169 Å². The van der Waals surface area contributed by atoms with Crippen LogP contribution in [0, 0.1) is 20.8 Å². The predicted molar refractivity (Wildman–Crippen MR) is 115 cm³/mol. The normalized spacial score (nSPS) is 13.9. The van der Waals surface area contributed by atoms with Crippen LogP contribution in [0.2, 0.25) is 0 Å². The molecule has 4 aromatic rings. The highest BCUT2D eigenvalue weighted by molar-refractivity contribution is 5.82. The molecule has 1 aliphatic carbocycles. The minimum atomic E-state index is -0.0925. The van der Waals surface area contributed by atoms with Crippen molar-refractivity contribution in [3.05, 3.63) is 87.0 Å². The second-order valence-electron chi connectivity index (χ2n) is 8.16. The smallest absolute Gasteiger partial charge is 0.265 e. The molecule has 0 saturated heterocycles. The fraction of sp³-hybridized carbons (Fsp3) is 0.292. The van der Waals surface area contributed by atoms with Crippen molar-refractivity contribution in [2.24, 2.45) is 0 Å². The Kier molecular flexibility index (Phi) is 4.12. The summed E-state index contributed by atoms with van der Waals surface area (Å²) in [5, 5.41) is 10.3. The molecule has 0 atom stereocenters. The zero-order valence-corrected chi connectivity index (χ0v) is 17.0. The Morgan fingerprint density at radius 2 is 1.83 bits per heavy atom. The van der Waals surface area contributed by atoms with Gasteiger partial charge in [-0.05, 0) is 56.4 Å². The summed E-state index contributed by atoms with van der Waals surface area (Å²) in [5.74, 6) is 0.429. The molecule has 0 amide bonds. The lowest BCUT2D eigenvalue weighted by molar-refractivity contribution is 0.624. The summed E-state index contributed by atoms with van der Waals surface area (Å²) in [6.45, 7) is 6.67. The van der Waals surface area contributed by atoms with Gasteiger partial charge in [-0.25, -0.2) is 9.36 Å². The average Bonchev–Trinajstić information content (AvgIpc) is 3.44. The summed E-state index contributed by atoms with van der Waals surface area (Å²) in [7, 11) is 0. The molecular weight excluding hydrogens is 360 g/mol. The van der Waals surface area contributed by atoms with E-state index in [0.29, 0.717) is 18.0 Å². The minimum absolute atomic E-state index is 0.0925. The second kappa shape index (κ2) is 6.69. The zero-order chi connectivity index (χ0) is 20.1. The summed E-state index contributed by atoms with van der Waals surface area (Å²) in [5.41, 5.74) is 7.05. The van der Waals surface area contributed by atoms with Crippen LogP contribution in [-0.2, 0) is 6.54 Å². The maximum Gasteiger partial charge on any atom is 0.293 e. The first kappa shape index (κ1) is 17.9. The number of rotatable bonds is 4. The topological polar surface area (TPSA) is 52.7 Å². The number of nitrogens with zero attached hydrogens (tertiary/aromatic N) is 4. The third kappa shape index (κ3) is 3.07. The molecule has 1 aliphatic rings. The Balaban J connectivity index is 1.74. The highest BCUT2D eigenvalue weighted by atomic mass is 16.1. The van der Waals surface area contributed by atoms with Gasteiger partial charge in [-0.2, -0.15) is 10.2 Å². The zero-order valence-electron chi connectivity index (χ0n) is 17.0. The molecule has 5 heteroatoms. The lowest BCUT2D eigenvalue weighted by Crippen LogP contribution is -2.27. The number of hydrogen-bond donors (Lipinski definition) is 0. The largest absolute Gasteiger partial charge is 0.293 e. The fourth-order valence-electron chi connectivity index (χ4n) is 4.03. The van der Waals surface area contributed by atoms with Gasteiger partial charge in [-0.1, -0.05) is 42.0 Å². The van der Waals surface area contributed by atoms with Gasteiger partial charge in [0.15, 0.2) is 0 Å². The minimum Gasteiger partial charge on any atom is -0.265 e. The Hall–Kier alpha value is -3.21. The van der Waals surface area contributed by atoms with Gasteiger partial charge in [0.2, 0.25) is 0 Å². The highest BCUT2D eigenvalue weighted by Gasteiger charge is 2.30. The number of benzene rings is 2. The molecule has 2 heterocycles. The van der Waals surface area contributed by atoms with Crippen LogP contribution in [0.1, 0.15) is 46.7 Å². The molecule has 0 aliphatic heterocycles. The lowest BCUT2D eigenvalue weighted by atomic mass is 10.1. The molecule has 0 spiro atoms. The molecule has 29 heavy (non-hydrogen) atoms. The van der Waals surface area contributed by atoms with Crippen molar-refractivity contribution in [2.45, 2.75) is 46.1 Å². The standard InChI is InChI=1S/C24H24N4O/c1-15-8-11-21(17(3)12-15)28-23-20(13-25-28)22(18-9-10-18)26-27(24(23)29)14-19-7-5-4-6-16(19)2/h4-8,11-13,18H,9-10,14H2,1-3H3. The molecule has 0 unspecified atom stereocenters. The molecule has 146 valence electrons. The predicted octanol–water partition coefficient (Wildman–Crippen LogP) is 4.43. The van der Waals surface area contributed by atoms with Gasteiger partial charge in [0.05, 0.1) is 24.1 Å². The van der Waals surface area contributed by atoms with Crippen molar-refractivity contribution >= 4 is 10.9 Å². The Bertz CT molecular complexity index is 1290. The highest BCUT2D eigenvalue weighted by Crippen LogP contribution is 2.41. The number of aromatic nitrogens is 4. The van der Waals surface area contributed by atoms with Gasteiger partial charge < -0.3 is 0 Å². The third-order valence-corrected chi connectivity index (χ3v) is 5.84. The van der Waals surface area contributed by atoms with Crippen molar-refractivity contribution in [2.75, 3.05) is 0 Å². The van der Waals surface area contributed by atoms with Gasteiger partial charge in [-0.15, -0.1) is 0 Å². The van der Waals surface area contributed by atoms with Crippen LogP contribution >= 0.6 is 0 Å². The van der Waals surface area contributed by atoms with Crippen molar-refractivity contribution in [3.63, 3.8) is 0 Å². The summed E-state index contributed by atoms with van der Waals surface area (Å²) < 4.78 is 3.42. The van der Waals surface area contributed by atoms with Crippen LogP contribution < -0.4 is 5.56 Å². The molecule has 1 fully saturated rings. The molecule has 5 rings (SSSR count). The van der Waals surface area contributed by atoms with Crippen molar-refractivity contribution in [1.82, 2.24) is 19.6 Å². The number of aryl methyl sites for hydroxylation is 3. The van der Waals surface area contributed by atoms with Gasteiger partial charge >= 0.3 is 0 Å². The van der Waals surface area contributed by atoms with Crippen molar-refractivity contribution in [3.8, 4) is 5.69 Å². The van der Waals surface area contributed by atoms with E-state index in [-0.39, 0.29) is 5.56 Å². The number of fused-ring (bicyclic) bond motifs is 1. The molecule has 2 aromatic carbocycles. The first-order valence-corrected chi connectivity index (χ1v) is 10.1. The van der Waals surface area contributed by atoms with Crippen molar-refractivity contribution < 1.29 is 0 Å². The van der Waals surface area contributed by atoms with E-state index in [9.17, 15) is 4.79 Å². The summed E-state index contributed by atoms with van der Waals surface area (Å²) >= 11 is 0. The summed E-state index contributed by atoms with van der Waals surface area (Å²) in [6.07, 6.45) is 4.06. The van der Waals surface area contributed by atoms with E-state index in [1.807, 2.05) is 24.4 Å². The molecule has 5 nitrogen and oxygen atoms in total. The van der Waals surface area contributed by atoms with E-state index in [1.165, 1.54) is 5.56 Å². The van der Waals surface area contributed by atoms with Crippen molar-refractivity contribution in [1.29, 1.82) is 0 Å². The fourth-order valence-corrected chi connectivity index (χ4v) is 4.03. The molecule has 1 saturated carbocycles. The lowest BCUT2D eigenvalue weighted by Gasteiger charge is -2.12. The second-order valence-corrected chi connectivity index (χ2v) is 8.16. The summed E-state index contributed by atoms with van der Waals surface area (Å²) in [4.78, 5) is 13.5. The van der Waals surface area contributed by atoms with Gasteiger partial charge in [0.1, 0.15) is 5.52 Å². The monoisotopic (exact) mass is 384 g/mol. The molecule has 0 bridgehead atoms. The van der Waals surface area contributed by atoms with E-state index in [1.54, 1.807) is 9.36 Å².